The molecule has 0 amide bonds. The Kier molecular flexibility index (Phi) is 3.10. The first-order valence-electron chi connectivity index (χ1n) is 6.61. The highest BCUT2D eigenvalue weighted by Crippen LogP contribution is 2.21. The van der Waals surface area contributed by atoms with Crippen molar-refractivity contribution in [1.82, 2.24) is 14.8 Å². The number of benzene rings is 1. The number of nitrogens with zero attached hydrogens (tertiary/aromatic N) is 2. The van der Waals surface area contributed by atoms with Crippen molar-refractivity contribution in [2.24, 2.45) is 5.73 Å². The lowest BCUT2D eigenvalue weighted by atomic mass is 10.0. The molecule has 0 saturated heterocycles. The molecule has 2 aromatic heterocycles. The second-order valence-corrected chi connectivity index (χ2v) is 5.11. The molecule has 5 nitrogen and oxygen atoms in total. The Hall–Kier alpha value is -2.47. The lowest BCUT2D eigenvalue weighted by Crippen LogP contribution is -2.26. The summed E-state index contributed by atoms with van der Waals surface area (Å²) in [6, 6.07) is 8.26. The maximum Gasteiger partial charge on any atom is 0.264 e. The summed E-state index contributed by atoms with van der Waals surface area (Å²) >= 11 is 0. The molecule has 21 heavy (non-hydrogen) atoms. The van der Waals surface area contributed by atoms with Gasteiger partial charge < -0.3 is 5.73 Å². The zero-order chi connectivity index (χ0) is 15.1. The van der Waals surface area contributed by atoms with E-state index in [0.29, 0.717) is 11.1 Å². The molecule has 3 aromatic rings. The average molecular weight is 286 g/mol. The SMILES string of the molecule is Cc1cccc2cc(C(C)N)n(-c3cc(F)[nH]n3)c(=O)c12. The van der Waals surface area contributed by atoms with Gasteiger partial charge in [0, 0.05) is 17.8 Å². The van der Waals surface area contributed by atoms with Crippen LogP contribution in [0.2, 0.25) is 0 Å². The van der Waals surface area contributed by atoms with Gasteiger partial charge in [0.05, 0.1) is 5.39 Å². The predicted octanol–water partition coefficient (Wildman–Crippen LogP) is 2.18. The van der Waals surface area contributed by atoms with Crippen LogP contribution in [0.5, 0.6) is 0 Å². The molecule has 0 saturated carbocycles. The molecule has 3 rings (SSSR count). The zero-order valence-electron chi connectivity index (χ0n) is 11.7. The molecule has 0 radical (unpaired) electrons. The fraction of sp³-hybridized carbons (Fsp3) is 0.200. The molecule has 1 atom stereocenters. The van der Waals surface area contributed by atoms with Crippen molar-refractivity contribution in [2.45, 2.75) is 19.9 Å². The fourth-order valence-electron chi connectivity index (χ4n) is 2.53. The number of hydrogen-bond acceptors (Lipinski definition) is 3. The van der Waals surface area contributed by atoms with Crippen LogP contribution in [0.25, 0.3) is 16.6 Å². The molecular weight excluding hydrogens is 271 g/mol. The van der Waals surface area contributed by atoms with Crippen molar-refractivity contribution < 1.29 is 4.39 Å². The lowest BCUT2D eigenvalue weighted by Gasteiger charge is -2.15. The third kappa shape index (κ3) is 2.13. The van der Waals surface area contributed by atoms with Gasteiger partial charge in [0.15, 0.2) is 5.82 Å². The normalized spacial score (nSPS) is 12.8. The minimum Gasteiger partial charge on any atom is -0.323 e. The summed E-state index contributed by atoms with van der Waals surface area (Å²) in [6.07, 6.45) is 0. The number of hydrogen-bond donors (Lipinski definition) is 2. The van der Waals surface area contributed by atoms with Crippen LogP contribution in [-0.4, -0.2) is 14.8 Å². The van der Waals surface area contributed by atoms with E-state index in [9.17, 15) is 9.18 Å². The van der Waals surface area contributed by atoms with Crippen LogP contribution in [0.15, 0.2) is 35.1 Å². The number of aryl methyl sites for hydroxylation is 1. The van der Waals surface area contributed by atoms with Gasteiger partial charge in [-0.3, -0.25) is 14.5 Å². The maximum atomic E-state index is 13.2. The number of nitrogens with two attached hydrogens (primary N) is 1. The first-order chi connectivity index (χ1) is 9.99. The van der Waals surface area contributed by atoms with Crippen molar-refractivity contribution in [2.75, 3.05) is 0 Å². The fourth-order valence-corrected chi connectivity index (χ4v) is 2.53. The van der Waals surface area contributed by atoms with E-state index in [1.165, 1.54) is 10.6 Å². The number of halogens is 1. The number of fused-ring (bicyclic) bond motifs is 1. The van der Waals surface area contributed by atoms with E-state index in [1.807, 2.05) is 31.2 Å². The van der Waals surface area contributed by atoms with Crippen LogP contribution in [0.1, 0.15) is 24.2 Å². The van der Waals surface area contributed by atoms with Crippen molar-refractivity contribution in [1.29, 1.82) is 0 Å². The topological polar surface area (TPSA) is 76.7 Å². The molecule has 6 heteroatoms. The Morgan fingerprint density at radius 2 is 2.14 bits per heavy atom. The monoisotopic (exact) mass is 286 g/mol. The van der Waals surface area contributed by atoms with E-state index in [2.05, 4.69) is 10.2 Å². The van der Waals surface area contributed by atoms with Gasteiger partial charge >= 0.3 is 0 Å². The highest BCUT2D eigenvalue weighted by molar-refractivity contribution is 5.85. The van der Waals surface area contributed by atoms with Gasteiger partial charge in [-0.1, -0.05) is 18.2 Å². The quantitative estimate of drug-likeness (QED) is 0.758. The molecule has 3 N–H and O–H groups in total. The van der Waals surface area contributed by atoms with Gasteiger partial charge in [-0.05, 0) is 30.9 Å². The highest BCUT2D eigenvalue weighted by Gasteiger charge is 2.16. The van der Waals surface area contributed by atoms with Gasteiger partial charge in [-0.25, -0.2) is 0 Å². The number of H-pyrrole nitrogens is 1. The second-order valence-electron chi connectivity index (χ2n) is 5.11. The smallest absolute Gasteiger partial charge is 0.264 e. The summed E-state index contributed by atoms with van der Waals surface area (Å²) in [5, 5.41) is 7.45. The minimum absolute atomic E-state index is 0.204. The lowest BCUT2D eigenvalue weighted by molar-refractivity contribution is 0.579. The van der Waals surface area contributed by atoms with E-state index in [-0.39, 0.29) is 17.4 Å². The zero-order valence-corrected chi connectivity index (χ0v) is 11.7. The third-order valence-corrected chi connectivity index (χ3v) is 3.51. The molecule has 0 aliphatic rings. The molecule has 2 heterocycles. The summed E-state index contributed by atoms with van der Waals surface area (Å²) < 4.78 is 14.6. The molecule has 1 unspecified atom stereocenters. The number of rotatable bonds is 2. The van der Waals surface area contributed by atoms with E-state index in [0.717, 1.165) is 10.9 Å². The Morgan fingerprint density at radius 1 is 1.38 bits per heavy atom. The predicted molar refractivity (Wildman–Crippen MR) is 79.0 cm³/mol. The van der Waals surface area contributed by atoms with Crippen LogP contribution < -0.4 is 11.3 Å². The van der Waals surface area contributed by atoms with Crippen LogP contribution in [0.4, 0.5) is 4.39 Å². The van der Waals surface area contributed by atoms with Gasteiger partial charge in [0.2, 0.25) is 5.95 Å². The summed E-state index contributed by atoms with van der Waals surface area (Å²) in [7, 11) is 0. The maximum absolute atomic E-state index is 13.2. The van der Waals surface area contributed by atoms with Crippen LogP contribution in [0.3, 0.4) is 0 Å². The summed E-state index contributed by atoms with van der Waals surface area (Å²) in [5.74, 6) is -0.396. The van der Waals surface area contributed by atoms with E-state index < -0.39 is 5.95 Å². The van der Waals surface area contributed by atoms with Crippen molar-refractivity contribution in [3.8, 4) is 5.82 Å². The van der Waals surface area contributed by atoms with Gasteiger partial charge in [0.25, 0.3) is 5.56 Å². The van der Waals surface area contributed by atoms with E-state index >= 15 is 0 Å². The summed E-state index contributed by atoms with van der Waals surface area (Å²) in [5.41, 5.74) is 7.17. The van der Waals surface area contributed by atoms with Crippen molar-refractivity contribution in [3.05, 3.63) is 57.9 Å². The van der Waals surface area contributed by atoms with Crippen LogP contribution in [0, 0.1) is 12.9 Å². The Balaban J connectivity index is 2.46. The Bertz CT molecular complexity index is 879. The Morgan fingerprint density at radius 3 is 2.76 bits per heavy atom. The van der Waals surface area contributed by atoms with E-state index in [1.54, 1.807) is 6.92 Å². The first-order valence-corrected chi connectivity index (χ1v) is 6.61. The van der Waals surface area contributed by atoms with Gasteiger partial charge in [-0.2, -0.15) is 9.49 Å². The molecule has 1 aromatic carbocycles. The molecule has 0 bridgehead atoms. The first kappa shape index (κ1) is 13.5. The number of aromatic amines is 1. The summed E-state index contributed by atoms with van der Waals surface area (Å²) in [6.45, 7) is 3.64. The number of pyridine rings is 1. The second kappa shape index (κ2) is 4.82. The third-order valence-electron chi connectivity index (χ3n) is 3.51. The molecule has 0 fully saturated rings. The van der Waals surface area contributed by atoms with Crippen molar-refractivity contribution >= 4 is 10.8 Å². The average Bonchev–Trinajstić information content (AvgIpc) is 2.84. The highest BCUT2D eigenvalue weighted by atomic mass is 19.1. The molecular formula is C15H15FN4O. The van der Waals surface area contributed by atoms with Crippen molar-refractivity contribution in [3.63, 3.8) is 0 Å². The minimum atomic E-state index is -0.600. The molecule has 108 valence electrons. The Labute approximate surface area is 120 Å². The van der Waals surface area contributed by atoms with Crippen LogP contribution >= 0.6 is 0 Å². The largest absolute Gasteiger partial charge is 0.323 e. The van der Waals surface area contributed by atoms with E-state index in [4.69, 9.17) is 5.73 Å². The van der Waals surface area contributed by atoms with Gasteiger partial charge in [-0.15, -0.1) is 0 Å². The van der Waals surface area contributed by atoms with Crippen LogP contribution in [-0.2, 0) is 0 Å². The standard InChI is InChI=1S/C15H15FN4O/c1-8-4-3-5-10-6-11(9(2)17)20(15(21)14(8)10)13-7-12(16)18-19-13/h3-7,9H,17H2,1-2H3,(H,18,19). The van der Waals surface area contributed by atoms with Gasteiger partial charge in [0.1, 0.15) is 0 Å². The number of aromatic nitrogens is 3. The molecule has 0 spiro atoms. The number of nitrogens with one attached hydrogen (secondary N) is 1. The molecule has 0 aliphatic heterocycles. The summed E-state index contributed by atoms with van der Waals surface area (Å²) in [4.78, 5) is 12.8. The molecule has 0 aliphatic carbocycles.